The number of azo groups is 1. The average molecular weight is 534 g/mol. The molecular formula is C28H27N3O6S. The molecule has 0 spiro atoms. The van der Waals surface area contributed by atoms with Gasteiger partial charge in [0.05, 0.1) is 18.2 Å². The molecule has 1 fully saturated rings. The predicted molar refractivity (Wildman–Crippen MR) is 142 cm³/mol. The molecule has 0 bridgehead atoms. The molecular weight excluding hydrogens is 506 g/mol. The first-order valence-corrected chi connectivity index (χ1v) is 13.8. The standard InChI is InChI=1S/C28H27N3O6S/c1-16-12-13-22(37-2)20(14-16)30-31-26-23(38(34,35)36)15-21(29-17-8-4-3-5-9-17)24-25(26)28(33)19-11-7-6-10-18(19)27(24)32/h6-7,10-15,17,29H,3-5,8-9H2,1-2H3,(H,34,35,36). The summed E-state index contributed by atoms with van der Waals surface area (Å²) in [5.41, 5.74) is 1.10. The summed E-state index contributed by atoms with van der Waals surface area (Å²) in [6, 6.07) is 12.7. The number of rotatable bonds is 6. The Balaban J connectivity index is 1.78. The lowest BCUT2D eigenvalue weighted by Gasteiger charge is -2.28. The molecule has 0 amide bonds. The monoisotopic (exact) mass is 533 g/mol. The largest absolute Gasteiger partial charge is 0.494 e. The number of hydrogen-bond acceptors (Lipinski definition) is 8. The van der Waals surface area contributed by atoms with Gasteiger partial charge in [-0.15, -0.1) is 10.2 Å². The van der Waals surface area contributed by atoms with Crippen LogP contribution in [0, 0.1) is 6.92 Å². The zero-order valence-electron chi connectivity index (χ0n) is 21.0. The Hall–Kier alpha value is -3.89. The quantitative estimate of drug-likeness (QED) is 0.223. The second-order valence-corrected chi connectivity index (χ2v) is 10.9. The summed E-state index contributed by atoms with van der Waals surface area (Å²) in [5.74, 6) is -0.623. The molecule has 38 heavy (non-hydrogen) atoms. The second kappa shape index (κ2) is 10.1. The van der Waals surface area contributed by atoms with Crippen LogP contribution in [0.5, 0.6) is 5.75 Å². The van der Waals surface area contributed by atoms with Crippen molar-refractivity contribution in [2.75, 3.05) is 12.4 Å². The molecule has 0 atom stereocenters. The molecule has 3 aromatic carbocycles. The maximum Gasteiger partial charge on any atom is 0.296 e. The highest BCUT2D eigenvalue weighted by Crippen LogP contribution is 2.43. The van der Waals surface area contributed by atoms with Crippen molar-refractivity contribution in [3.8, 4) is 5.75 Å². The van der Waals surface area contributed by atoms with Gasteiger partial charge in [0.2, 0.25) is 0 Å². The van der Waals surface area contributed by atoms with Crippen LogP contribution in [0.3, 0.4) is 0 Å². The van der Waals surface area contributed by atoms with Crippen molar-refractivity contribution in [1.29, 1.82) is 0 Å². The van der Waals surface area contributed by atoms with Gasteiger partial charge in [0.25, 0.3) is 10.1 Å². The van der Waals surface area contributed by atoms with Crippen LogP contribution in [0.2, 0.25) is 0 Å². The fourth-order valence-electron chi connectivity index (χ4n) is 5.11. The van der Waals surface area contributed by atoms with E-state index in [9.17, 15) is 22.6 Å². The molecule has 0 heterocycles. The van der Waals surface area contributed by atoms with Crippen LogP contribution in [0.25, 0.3) is 0 Å². The van der Waals surface area contributed by atoms with E-state index in [1.54, 1.807) is 30.3 Å². The van der Waals surface area contributed by atoms with Gasteiger partial charge in [0, 0.05) is 22.9 Å². The lowest BCUT2D eigenvalue weighted by Crippen LogP contribution is -2.27. The van der Waals surface area contributed by atoms with Gasteiger partial charge in [-0.3, -0.25) is 14.1 Å². The van der Waals surface area contributed by atoms with Gasteiger partial charge in [-0.05, 0) is 43.5 Å². The van der Waals surface area contributed by atoms with E-state index < -0.39 is 32.3 Å². The summed E-state index contributed by atoms with van der Waals surface area (Å²) in [6.45, 7) is 1.84. The van der Waals surface area contributed by atoms with Crippen molar-refractivity contribution in [1.82, 2.24) is 0 Å². The number of benzene rings is 3. The number of nitrogens with one attached hydrogen (secondary N) is 1. The minimum atomic E-state index is -4.87. The molecule has 196 valence electrons. The summed E-state index contributed by atoms with van der Waals surface area (Å²) in [5, 5.41) is 11.6. The average Bonchev–Trinajstić information content (AvgIpc) is 2.90. The van der Waals surface area contributed by atoms with Crippen LogP contribution in [-0.4, -0.2) is 37.7 Å². The van der Waals surface area contributed by atoms with Gasteiger partial charge in [-0.2, -0.15) is 8.42 Å². The third-order valence-corrected chi connectivity index (χ3v) is 7.84. The summed E-state index contributed by atoms with van der Waals surface area (Å²) in [7, 11) is -3.41. The first kappa shape index (κ1) is 25.7. The highest BCUT2D eigenvalue weighted by molar-refractivity contribution is 7.86. The Kier molecular flexibility index (Phi) is 6.85. The Morgan fingerprint density at radius 2 is 1.58 bits per heavy atom. The Morgan fingerprint density at radius 1 is 0.921 bits per heavy atom. The molecule has 5 rings (SSSR count). The smallest absolute Gasteiger partial charge is 0.296 e. The molecule has 2 aliphatic rings. The van der Waals surface area contributed by atoms with Gasteiger partial charge in [-0.1, -0.05) is 49.6 Å². The maximum absolute atomic E-state index is 13.8. The highest BCUT2D eigenvalue weighted by Gasteiger charge is 2.38. The number of fused-ring (bicyclic) bond motifs is 2. The summed E-state index contributed by atoms with van der Waals surface area (Å²) < 4.78 is 40.8. The van der Waals surface area contributed by atoms with E-state index >= 15 is 0 Å². The molecule has 0 unspecified atom stereocenters. The van der Waals surface area contributed by atoms with Gasteiger partial charge in [-0.25, -0.2) is 0 Å². The molecule has 1 saturated carbocycles. The lowest BCUT2D eigenvalue weighted by atomic mass is 9.82. The number of nitrogens with zero attached hydrogens (tertiary/aromatic N) is 2. The molecule has 9 nitrogen and oxygen atoms in total. The van der Waals surface area contributed by atoms with E-state index in [-0.39, 0.29) is 34.0 Å². The van der Waals surface area contributed by atoms with Crippen molar-refractivity contribution in [3.63, 3.8) is 0 Å². The van der Waals surface area contributed by atoms with Crippen molar-refractivity contribution >= 4 is 38.7 Å². The summed E-state index contributed by atoms with van der Waals surface area (Å²) in [6.07, 6.45) is 4.75. The normalized spacial score (nSPS) is 15.9. The van der Waals surface area contributed by atoms with E-state index in [0.29, 0.717) is 11.4 Å². The zero-order valence-corrected chi connectivity index (χ0v) is 21.8. The van der Waals surface area contributed by atoms with Crippen LogP contribution in [0.4, 0.5) is 17.1 Å². The number of ketones is 2. The Bertz CT molecular complexity index is 1590. The topological polar surface area (TPSA) is 134 Å². The third kappa shape index (κ3) is 4.72. The molecule has 0 aliphatic heterocycles. The fraction of sp³-hybridized carbons (Fsp3) is 0.286. The number of ether oxygens (including phenoxy) is 1. The van der Waals surface area contributed by atoms with Gasteiger partial charge < -0.3 is 10.1 Å². The SMILES string of the molecule is COc1ccc(C)cc1N=Nc1c(S(=O)(=O)O)cc(NC2CCCCC2)c2c1C(=O)c1ccccc1C2=O. The minimum absolute atomic E-state index is 0.00815. The molecule has 10 heteroatoms. The first-order chi connectivity index (χ1) is 18.2. The van der Waals surface area contributed by atoms with E-state index in [2.05, 4.69) is 15.5 Å². The Labute approximate surface area is 220 Å². The zero-order chi connectivity index (χ0) is 27.0. The van der Waals surface area contributed by atoms with E-state index in [1.165, 1.54) is 19.2 Å². The minimum Gasteiger partial charge on any atom is -0.494 e. The van der Waals surface area contributed by atoms with Gasteiger partial charge >= 0.3 is 0 Å². The number of anilines is 1. The molecule has 0 aromatic heterocycles. The van der Waals surface area contributed by atoms with Crippen LogP contribution >= 0.6 is 0 Å². The number of aryl methyl sites for hydroxylation is 1. The Morgan fingerprint density at radius 3 is 2.21 bits per heavy atom. The van der Waals surface area contributed by atoms with E-state index in [0.717, 1.165) is 37.7 Å². The summed E-state index contributed by atoms with van der Waals surface area (Å²) in [4.78, 5) is 26.9. The van der Waals surface area contributed by atoms with Crippen molar-refractivity contribution in [2.24, 2.45) is 10.2 Å². The first-order valence-electron chi connectivity index (χ1n) is 12.4. The van der Waals surface area contributed by atoms with Crippen LogP contribution in [0.1, 0.15) is 69.5 Å². The highest BCUT2D eigenvalue weighted by atomic mass is 32.2. The molecule has 2 N–H and O–H groups in total. The van der Waals surface area contributed by atoms with Crippen LogP contribution < -0.4 is 10.1 Å². The number of methoxy groups -OCH3 is 1. The summed E-state index contributed by atoms with van der Waals surface area (Å²) >= 11 is 0. The van der Waals surface area contributed by atoms with Crippen molar-refractivity contribution < 1.29 is 27.3 Å². The number of hydrogen-bond donors (Lipinski definition) is 2. The van der Waals surface area contributed by atoms with Gasteiger partial charge in [0.15, 0.2) is 11.6 Å². The van der Waals surface area contributed by atoms with Crippen molar-refractivity contribution in [2.45, 2.75) is 50.0 Å². The maximum atomic E-state index is 13.8. The fourth-order valence-corrected chi connectivity index (χ4v) is 5.77. The molecule has 2 aliphatic carbocycles. The molecule has 0 radical (unpaired) electrons. The second-order valence-electron chi connectivity index (χ2n) is 9.55. The van der Waals surface area contributed by atoms with E-state index in [1.807, 2.05) is 13.0 Å². The predicted octanol–water partition coefficient (Wildman–Crippen LogP) is 6.19. The molecule has 0 saturated heterocycles. The number of carbonyl (C=O) groups is 2. The lowest BCUT2D eigenvalue weighted by molar-refractivity contribution is 0.0980. The van der Waals surface area contributed by atoms with Crippen LogP contribution in [-0.2, 0) is 10.1 Å². The van der Waals surface area contributed by atoms with E-state index in [4.69, 9.17) is 4.74 Å². The van der Waals surface area contributed by atoms with Crippen molar-refractivity contribution in [3.05, 3.63) is 76.3 Å². The van der Waals surface area contributed by atoms with Crippen LogP contribution in [0.15, 0.2) is 63.7 Å². The number of carbonyl (C=O) groups excluding carboxylic acids is 2. The molecule has 3 aromatic rings. The van der Waals surface area contributed by atoms with Gasteiger partial charge in [0.1, 0.15) is 22.0 Å². The third-order valence-electron chi connectivity index (χ3n) is 6.97.